The Balaban J connectivity index is 4.52. The second-order valence-corrected chi connectivity index (χ2v) is 4.88. The highest BCUT2D eigenvalue weighted by molar-refractivity contribution is 7.90. The van der Waals surface area contributed by atoms with Crippen molar-refractivity contribution >= 4 is 22.0 Å². The van der Waals surface area contributed by atoms with Gasteiger partial charge in [0.25, 0.3) is 0 Å². The second-order valence-electron chi connectivity index (χ2n) is 3.13. The standard InChI is InChI=1S/C8H15NO7S/c1-15-4-3-6(8(11)12)9-17(13,14)5-7(10)16-2/h6,9H,3-5H2,1-2H3,(H,11,12). The molecule has 0 aromatic rings. The number of carbonyl (C=O) groups excluding carboxylic acids is 1. The van der Waals surface area contributed by atoms with Crippen LogP contribution in [-0.2, 0) is 29.1 Å². The second kappa shape index (κ2) is 7.20. The van der Waals surface area contributed by atoms with Crippen LogP contribution in [0.4, 0.5) is 0 Å². The number of methoxy groups -OCH3 is 2. The molecule has 0 aliphatic rings. The van der Waals surface area contributed by atoms with Crippen LogP contribution in [0.1, 0.15) is 6.42 Å². The summed E-state index contributed by atoms with van der Waals surface area (Å²) in [6.45, 7) is 0.0811. The molecule has 2 N–H and O–H groups in total. The Kier molecular flexibility index (Phi) is 6.69. The van der Waals surface area contributed by atoms with Crippen molar-refractivity contribution in [3.63, 3.8) is 0 Å². The van der Waals surface area contributed by atoms with E-state index < -0.39 is 33.8 Å². The first-order valence-corrected chi connectivity index (χ1v) is 6.26. The number of hydrogen-bond acceptors (Lipinski definition) is 6. The van der Waals surface area contributed by atoms with E-state index in [2.05, 4.69) is 9.47 Å². The van der Waals surface area contributed by atoms with Gasteiger partial charge in [0, 0.05) is 13.7 Å². The summed E-state index contributed by atoms with van der Waals surface area (Å²) >= 11 is 0. The molecule has 17 heavy (non-hydrogen) atoms. The minimum atomic E-state index is -4.03. The average Bonchev–Trinajstić information content (AvgIpc) is 2.22. The summed E-state index contributed by atoms with van der Waals surface area (Å²) in [4.78, 5) is 21.5. The number of sulfonamides is 1. The minimum absolute atomic E-state index is 0.0355. The van der Waals surface area contributed by atoms with Crippen molar-refractivity contribution in [3.8, 4) is 0 Å². The number of carboxylic acid groups (broad SMARTS) is 1. The lowest BCUT2D eigenvalue weighted by atomic mass is 10.2. The summed E-state index contributed by atoms with van der Waals surface area (Å²) in [7, 11) is -1.63. The van der Waals surface area contributed by atoms with Gasteiger partial charge in [-0.15, -0.1) is 0 Å². The van der Waals surface area contributed by atoms with E-state index >= 15 is 0 Å². The maximum absolute atomic E-state index is 11.4. The maximum atomic E-state index is 11.4. The number of carbonyl (C=O) groups is 2. The number of esters is 1. The van der Waals surface area contributed by atoms with Gasteiger partial charge in [-0.25, -0.2) is 13.1 Å². The van der Waals surface area contributed by atoms with Gasteiger partial charge in [-0.2, -0.15) is 0 Å². The van der Waals surface area contributed by atoms with Crippen LogP contribution < -0.4 is 4.72 Å². The molecule has 0 heterocycles. The normalized spacial score (nSPS) is 13.1. The largest absolute Gasteiger partial charge is 0.480 e. The third-order valence-electron chi connectivity index (χ3n) is 1.77. The Bertz CT molecular complexity index is 364. The summed E-state index contributed by atoms with van der Waals surface area (Å²) in [5.41, 5.74) is 0. The van der Waals surface area contributed by atoms with Crippen LogP contribution in [0, 0.1) is 0 Å². The highest BCUT2D eigenvalue weighted by Crippen LogP contribution is 1.97. The molecule has 0 spiro atoms. The Labute approximate surface area is 98.9 Å². The number of rotatable bonds is 8. The van der Waals surface area contributed by atoms with Crippen molar-refractivity contribution in [2.75, 3.05) is 26.6 Å². The zero-order valence-electron chi connectivity index (χ0n) is 9.50. The van der Waals surface area contributed by atoms with Gasteiger partial charge in [0.1, 0.15) is 6.04 Å². The van der Waals surface area contributed by atoms with Crippen LogP contribution in [0.3, 0.4) is 0 Å². The van der Waals surface area contributed by atoms with Crippen molar-refractivity contribution in [2.45, 2.75) is 12.5 Å². The van der Waals surface area contributed by atoms with E-state index in [-0.39, 0.29) is 13.0 Å². The molecule has 0 aromatic carbocycles. The molecule has 0 fully saturated rings. The van der Waals surface area contributed by atoms with Crippen LogP contribution in [-0.4, -0.2) is 58.1 Å². The fourth-order valence-corrected chi connectivity index (χ4v) is 2.10. The predicted molar refractivity (Wildman–Crippen MR) is 56.9 cm³/mol. The van der Waals surface area contributed by atoms with Gasteiger partial charge < -0.3 is 14.6 Å². The maximum Gasteiger partial charge on any atom is 0.322 e. The lowest BCUT2D eigenvalue weighted by molar-refractivity contribution is -0.140. The summed E-state index contributed by atoms with van der Waals surface area (Å²) in [6, 6.07) is -1.33. The number of aliphatic carboxylic acids is 1. The van der Waals surface area contributed by atoms with E-state index in [4.69, 9.17) is 5.11 Å². The number of hydrogen-bond donors (Lipinski definition) is 2. The zero-order chi connectivity index (χ0) is 13.5. The number of nitrogens with one attached hydrogen (secondary N) is 1. The van der Waals surface area contributed by atoms with Gasteiger partial charge in [-0.1, -0.05) is 0 Å². The first-order chi connectivity index (χ1) is 7.82. The van der Waals surface area contributed by atoms with Gasteiger partial charge in [0.05, 0.1) is 7.11 Å². The van der Waals surface area contributed by atoms with E-state index in [9.17, 15) is 18.0 Å². The molecule has 0 saturated carbocycles. The van der Waals surface area contributed by atoms with Crippen LogP contribution in [0.5, 0.6) is 0 Å². The van der Waals surface area contributed by atoms with Gasteiger partial charge in [-0.05, 0) is 6.42 Å². The number of carboxylic acids is 1. The van der Waals surface area contributed by atoms with E-state index in [1.807, 2.05) is 4.72 Å². The third kappa shape index (κ3) is 6.87. The van der Waals surface area contributed by atoms with Crippen molar-refractivity contribution in [2.24, 2.45) is 0 Å². The Morgan fingerprint density at radius 1 is 1.35 bits per heavy atom. The highest BCUT2D eigenvalue weighted by atomic mass is 32.2. The van der Waals surface area contributed by atoms with E-state index in [0.717, 1.165) is 7.11 Å². The van der Waals surface area contributed by atoms with Crippen LogP contribution in [0.15, 0.2) is 0 Å². The highest BCUT2D eigenvalue weighted by Gasteiger charge is 2.25. The zero-order valence-corrected chi connectivity index (χ0v) is 10.3. The van der Waals surface area contributed by atoms with Crippen molar-refractivity contribution < 1.29 is 32.6 Å². The molecule has 0 rings (SSSR count). The molecule has 100 valence electrons. The topological polar surface area (TPSA) is 119 Å². The monoisotopic (exact) mass is 269 g/mol. The first-order valence-electron chi connectivity index (χ1n) is 4.61. The van der Waals surface area contributed by atoms with E-state index in [1.54, 1.807) is 0 Å². The Morgan fingerprint density at radius 3 is 2.35 bits per heavy atom. The van der Waals surface area contributed by atoms with Gasteiger partial charge >= 0.3 is 11.9 Å². The van der Waals surface area contributed by atoms with Crippen molar-refractivity contribution in [3.05, 3.63) is 0 Å². The van der Waals surface area contributed by atoms with Gasteiger partial charge in [0.2, 0.25) is 10.0 Å². The molecular weight excluding hydrogens is 254 g/mol. The quantitative estimate of drug-likeness (QED) is 0.518. The third-order valence-corrected chi connectivity index (χ3v) is 3.03. The molecule has 1 unspecified atom stereocenters. The molecule has 0 radical (unpaired) electrons. The van der Waals surface area contributed by atoms with Gasteiger partial charge in [0.15, 0.2) is 5.75 Å². The molecule has 0 amide bonds. The molecular formula is C8H15NO7S. The summed E-state index contributed by atoms with van der Waals surface area (Å²) in [5.74, 6) is -3.22. The van der Waals surface area contributed by atoms with Crippen LogP contribution >= 0.6 is 0 Å². The van der Waals surface area contributed by atoms with Crippen LogP contribution in [0.2, 0.25) is 0 Å². The SMILES string of the molecule is COCCC(NS(=O)(=O)CC(=O)OC)C(=O)O. The van der Waals surface area contributed by atoms with Crippen LogP contribution in [0.25, 0.3) is 0 Å². The minimum Gasteiger partial charge on any atom is -0.480 e. The summed E-state index contributed by atoms with van der Waals surface area (Å²) < 4.78 is 33.4. The summed E-state index contributed by atoms with van der Waals surface area (Å²) in [5, 5.41) is 8.76. The molecule has 9 heteroatoms. The lowest BCUT2D eigenvalue weighted by Gasteiger charge is -2.13. The lowest BCUT2D eigenvalue weighted by Crippen LogP contribution is -2.43. The smallest absolute Gasteiger partial charge is 0.322 e. The predicted octanol–water partition coefficient (Wildman–Crippen LogP) is -1.43. The first kappa shape index (κ1) is 15.8. The number of ether oxygens (including phenoxy) is 2. The molecule has 0 bridgehead atoms. The molecule has 0 aliphatic heterocycles. The fourth-order valence-electron chi connectivity index (χ4n) is 0.941. The van der Waals surface area contributed by atoms with Gasteiger partial charge in [-0.3, -0.25) is 9.59 Å². The summed E-state index contributed by atoms with van der Waals surface area (Å²) in [6.07, 6.45) is -0.0355. The average molecular weight is 269 g/mol. The van der Waals surface area contributed by atoms with Crippen molar-refractivity contribution in [1.82, 2.24) is 4.72 Å². The Morgan fingerprint density at radius 2 is 1.94 bits per heavy atom. The molecule has 0 saturated heterocycles. The Hall–Kier alpha value is -1.19. The molecule has 0 aliphatic carbocycles. The molecule has 0 aromatic heterocycles. The van der Waals surface area contributed by atoms with Crippen molar-refractivity contribution in [1.29, 1.82) is 0 Å². The fraction of sp³-hybridized carbons (Fsp3) is 0.750. The van der Waals surface area contributed by atoms with E-state index in [1.165, 1.54) is 7.11 Å². The molecule has 8 nitrogen and oxygen atoms in total. The van der Waals surface area contributed by atoms with E-state index in [0.29, 0.717) is 0 Å². The molecule has 1 atom stereocenters.